The highest BCUT2D eigenvalue weighted by atomic mass is 14.6. The molecular formula is C10H15N. The molecule has 11 heavy (non-hydrogen) atoms. The molecule has 1 heterocycles. The van der Waals surface area contributed by atoms with Gasteiger partial charge in [0.1, 0.15) is 0 Å². The zero-order valence-electron chi connectivity index (χ0n) is 7.06. The molecule has 1 unspecified atom stereocenters. The van der Waals surface area contributed by atoms with Crippen molar-refractivity contribution in [2.75, 3.05) is 0 Å². The lowest BCUT2D eigenvalue weighted by molar-refractivity contribution is 0.543. The SMILES string of the molecule is CCC1CCCc2c[nH]cc21. The van der Waals surface area contributed by atoms with E-state index in [9.17, 15) is 0 Å². The summed E-state index contributed by atoms with van der Waals surface area (Å²) in [6.45, 7) is 2.28. The molecule has 0 saturated carbocycles. The molecule has 1 nitrogen and oxygen atoms in total. The predicted octanol–water partition coefficient (Wildman–Crippen LogP) is 2.84. The van der Waals surface area contributed by atoms with E-state index >= 15 is 0 Å². The number of aromatic nitrogens is 1. The van der Waals surface area contributed by atoms with Crippen molar-refractivity contribution in [2.24, 2.45) is 0 Å². The second kappa shape index (κ2) is 2.72. The summed E-state index contributed by atoms with van der Waals surface area (Å²) in [7, 11) is 0. The maximum absolute atomic E-state index is 3.20. The Hall–Kier alpha value is -0.720. The molecule has 0 saturated heterocycles. The first-order valence-electron chi connectivity index (χ1n) is 4.57. The number of H-pyrrole nitrogens is 1. The van der Waals surface area contributed by atoms with Gasteiger partial charge in [-0.25, -0.2) is 0 Å². The molecule has 0 aliphatic heterocycles. The summed E-state index contributed by atoms with van der Waals surface area (Å²) in [6.07, 6.45) is 9.70. The standard InChI is InChI=1S/C10H15N/c1-2-8-4-3-5-9-6-11-7-10(8)9/h6-8,11H,2-5H2,1H3. The van der Waals surface area contributed by atoms with Crippen molar-refractivity contribution in [1.29, 1.82) is 0 Å². The highest BCUT2D eigenvalue weighted by molar-refractivity contribution is 5.29. The lowest BCUT2D eigenvalue weighted by atomic mass is 9.84. The van der Waals surface area contributed by atoms with Crippen LogP contribution in [-0.4, -0.2) is 4.98 Å². The van der Waals surface area contributed by atoms with Gasteiger partial charge in [-0.1, -0.05) is 6.92 Å². The zero-order valence-corrected chi connectivity index (χ0v) is 7.06. The first-order chi connectivity index (χ1) is 5.42. The van der Waals surface area contributed by atoms with Gasteiger partial charge in [0.15, 0.2) is 0 Å². The van der Waals surface area contributed by atoms with E-state index in [2.05, 4.69) is 24.3 Å². The van der Waals surface area contributed by atoms with Crippen LogP contribution in [0.1, 0.15) is 43.2 Å². The molecule has 1 N–H and O–H groups in total. The van der Waals surface area contributed by atoms with Crippen molar-refractivity contribution in [3.8, 4) is 0 Å². The highest BCUT2D eigenvalue weighted by Crippen LogP contribution is 2.33. The van der Waals surface area contributed by atoms with Crippen molar-refractivity contribution in [1.82, 2.24) is 4.98 Å². The van der Waals surface area contributed by atoms with Gasteiger partial charge in [0, 0.05) is 12.4 Å². The highest BCUT2D eigenvalue weighted by Gasteiger charge is 2.18. The van der Waals surface area contributed by atoms with Crippen LogP contribution in [0.5, 0.6) is 0 Å². The third-order valence-electron chi connectivity index (χ3n) is 2.80. The normalized spacial score (nSPS) is 23.2. The van der Waals surface area contributed by atoms with Crippen molar-refractivity contribution in [3.63, 3.8) is 0 Å². The predicted molar refractivity (Wildman–Crippen MR) is 46.8 cm³/mol. The Labute approximate surface area is 67.8 Å². The lowest BCUT2D eigenvalue weighted by Gasteiger charge is -2.20. The van der Waals surface area contributed by atoms with E-state index < -0.39 is 0 Å². The first kappa shape index (κ1) is 6.96. The van der Waals surface area contributed by atoms with Crippen LogP contribution in [0.3, 0.4) is 0 Å². The third-order valence-corrected chi connectivity index (χ3v) is 2.80. The largest absolute Gasteiger partial charge is 0.367 e. The number of fused-ring (bicyclic) bond motifs is 1. The Bertz CT molecular complexity index is 237. The van der Waals surface area contributed by atoms with Crippen LogP contribution in [0.25, 0.3) is 0 Å². The van der Waals surface area contributed by atoms with Gasteiger partial charge in [0.2, 0.25) is 0 Å². The number of hydrogen-bond acceptors (Lipinski definition) is 0. The van der Waals surface area contributed by atoms with Crippen molar-refractivity contribution in [2.45, 2.75) is 38.5 Å². The maximum Gasteiger partial charge on any atom is 0.00430 e. The second-order valence-corrected chi connectivity index (χ2v) is 3.43. The molecule has 1 aliphatic carbocycles. The van der Waals surface area contributed by atoms with Gasteiger partial charge in [-0.2, -0.15) is 0 Å². The van der Waals surface area contributed by atoms with Crippen LogP contribution in [0.2, 0.25) is 0 Å². The van der Waals surface area contributed by atoms with Gasteiger partial charge in [0.05, 0.1) is 0 Å². The van der Waals surface area contributed by atoms with Gasteiger partial charge < -0.3 is 4.98 Å². The van der Waals surface area contributed by atoms with Crippen LogP contribution in [0.4, 0.5) is 0 Å². The smallest absolute Gasteiger partial charge is 0.00430 e. The van der Waals surface area contributed by atoms with Crippen molar-refractivity contribution >= 4 is 0 Å². The summed E-state index contributed by atoms with van der Waals surface area (Å²) in [4.78, 5) is 3.20. The van der Waals surface area contributed by atoms with Gasteiger partial charge >= 0.3 is 0 Å². The average molecular weight is 149 g/mol. The third kappa shape index (κ3) is 1.09. The monoisotopic (exact) mass is 149 g/mol. The minimum atomic E-state index is 0.838. The number of rotatable bonds is 1. The molecule has 0 spiro atoms. The summed E-state index contributed by atoms with van der Waals surface area (Å²) in [5.74, 6) is 0.838. The summed E-state index contributed by atoms with van der Waals surface area (Å²) in [5.41, 5.74) is 3.14. The fourth-order valence-corrected chi connectivity index (χ4v) is 2.12. The van der Waals surface area contributed by atoms with Crippen LogP contribution < -0.4 is 0 Å². The fraction of sp³-hybridized carbons (Fsp3) is 0.600. The van der Waals surface area contributed by atoms with E-state index in [1.54, 1.807) is 11.1 Å². The molecule has 1 aromatic heterocycles. The van der Waals surface area contributed by atoms with E-state index in [-0.39, 0.29) is 0 Å². The number of aromatic amines is 1. The minimum Gasteiger partial charge on any atom is -0.367 e. The van der Waals surface area contributed by atoms with E-state index in [0.29, 0.717) is 0 Å². The molecule has 0 aromatic carbocycles. The Kier molecular flexibility index (Phi) is 1.72. The zero-order chi connectivity index (χ0) is 7.68. The minimum absolute atomic E-state index is 0.838. The van der Waals surface area contributed by atoms with Crippen molar-refractivity contribution in [3.05, 3.63) is 23.5 Å². The molecule has 1 aromatic rings. The molecule has 0 fully saturated rings. The Balaban J connectivity index is 2.32. The number of nitrogens with one attached hydrogen (secondary N) is 1. The molecule has 60 valence electrons. The number of hydrogen-bond donors (Lipinski definition) is 1. The lowest BCUT2D eigenvalue weighted by Crippen LogP contribution is -2.05. The molecule has 0 radical (unpaired) electrons. The van der Waals surface area contributed by atoms with Gasteiger partial charge in [-0.05, 0) is 42.7 Å². The topological polar surface area (TPSA) is 15.8 Å². The summed E-state index contributed by atoms with van der Waals surface area (Å²) in [5, 5.41) is 0. The molecular weight excluding hydrogens is 134 g/mol. The maximum atomic E-state index is 3.20. The summed E-state index contributed by atoms with van der Waals surface area (Å²) < 4.78 is 0. The van der Waals surface area contributed by atoms with Gasteiger partial charge in [-0.15, -0.1) is 0 Å². The quantitative estimate of drug-likeness (QED) is 0.632. The molecule has 0 bridgehead atoms. The Morgan fingerprint density at radius 2 is 2.45 bits per heavy atom. The van der Waals surface area contributed by atoms with Crippen LogP contribution >= 0.6 is 0 Å². The van der Waals surface area contributed by atoms with Gasteiger partial charge in [-0.3, -0.25) is 0 Å². The molecule has 1 heteroatoms. The van der Waals surface area contributed by atoms with Crippen LogP contribution in [0, 0.1) is 0 Å². The molecule has 0 amide bonds. The molecule has 1 aliphatic rings. The molecule has 2 rings (SSSR count). The number of aryl methyl sites for hydroxylation is 1. The Morgan fingerprint density at radius 1 is 1.55 bits per heavy atom. The van der Waals surface area contributed by atoms with Crippen LogP contribution in [0.15, 0.2) is 12.4 Å². The van der Waals surface area contributed by atoms with Crippen LogP contribution in [-0.2, 0) is 6.42 Å². The molecule has 1 atom stereocenters. The van der Waals surface area contributed by atoms with E-state index in [1.165, 1.54) is 25.7 Å². The van der Waals surface area contributed by atoms with Crippen molar-refractivity contribution < 1.29 is 0 Å². The van der Waals surface area contributed by atoms with Gasteiger partial charge in [0.25, 0.3) is 0 Å². The Morgan fingerprint density at radius 3 is 3.27 bits per heavy atom. The van der Waals surface area contributed by atoms with E-state index in [0.717, 1.165) is 5.92 Å². The summed E-state index contributed by atoms with van der Waals surface area (Å²) >= 11 is 0. The fourth-order valence-electron chi connectivity index (χ4n) is 2.12. The average Bonchev–Trinajstić information content (AvgIpc) is 2.50. The van der Waals surface area contributed by atoms with E-state index in [4.69, 9.17) is 0 Å². The first-order valence-corrected chi connectivity index (χ1v) is 4.57. The second-order valence-electron chi connectivity index (χ2n) is 3.43. The van der Waals surface area contributed by atoms with E-state index in [1.807, 2.05) is 0 Å². The summed E-state index contributed by atoms with van der Waals surface area (Å²) in [6, 6.07) is 0.